The molecule has 1 heterocycles. The molecule has 1 atom stereocenters. The Morgan fingerprint density at radius 1 is 1.50 bits per heavy atom. The van der Waals surface area contributed by atoms with Crippen molar-refractivity contribution in [1.82, 2.24) is 5.32 Å². The molecule has 1 saturated heterocycles. The van der Waals surface area contributed by atoms with Crippen LogP contribution in [0.1, 0.15) is 17.9 Å². The number of amides is 1. The van der Waals surface area contributed by atoms with E-state index in [1.54, 1.807) is 0 Å². The third kappa shape index (κ3) is 1.86. The van der Waals surface area contributed by atoms with Crippen LogP contribution < -0.4 is 5.32 Å². The summed E-state index contributed by atoms with van der Waals surface area (Å²) in [6.45, 7) is 0.446. The van der Waals surface area contributed by atoms with Gasteiger partial charge >= 0.3 is 5.69 Å². The molecule has 1 fully saturated rings. The van der Waals surface area contributed by atoms with E-state index in [0.717, 1.165) is 6.07 Å². The van der Waals surface area contributed by atoms with Crippen molar-refractivity contribution >= 4 is 11.6 Å². The lowest BCUT2D eigenvalue weighted by Crippen LogP contribution is -2.13. The first-order valence-corrected chi connectivity index (χ1v) is 4.78. The van der Waals surface area contributed by atoms with E-state index in [0.29, 0.717) is 18.5 Å². The maximum absolute atomic E-state index is 13.1. The minimum atomic E-state index is -0.856. The average molecular weight is 224 g/mol. The molecule has 1 amide bonds. The molecule has 0 spiro atoms. The maximum Gasteiger partial charge on any atom is 0.305 e. The second-order valence-corrected chi connectivity index (χ2v) is 3.67. The summed E-state index contributed by atoms with van der Waals surface area (Å²) in [5, 5.41) is 13.2. The number of nitrogens with one attached hydrogen (secondary N) is 1. The minimum Gasteiger partial charge on any atom is -0.355 e. The first-order valence-electron chi connectivity index (χ1n) is 4.78. The normalized spacial score (nSPS) is 19.6. The monoisotopic (exact) mass is 224 g/mol. The highest BCUT2D eigenvalue weighted by molar-refractivity contribution is 5.79. The number of hydrogen-bond donors (Lipinski definition) is 1. The highest BCUT2D eigenvalue weighted by Gasteiger charge is 2.25. The van der Waals surface area contributed by atoms with E-state index >= 15 is 0 Å². The number of benzene rings is 1. The van der Waals surface area contributed by atoms with Gasteiger partial charge in [-0.15, -0.1) is 0 Å². The van der Waals surface area contributed by atoms with Gasteiger partial charge in [0, 0.05) is 24.9 Å². The van der Waals surface area contributed by atoms with E-state index in [-0.39, 0.29) is 11.8 Å². The Bertz CT molecular complexity index is 461. The summed E-state index contributed by atoms with van der Waals surface area (Å²) in [6.07, 6.45) is 0.294. The van der Waals surface area contributed by atoms with Crippen molar-refractivity contribution in [2.24, 2.45) is 0 Å². The Labute approximate surface area is 90.4 Å². The van der Waals surface area contributed by atoms with Crippen molar-refractivity contribution in [3.8, 4) is 0 Å². The molecule has 1 N–H and O–H groups in total. The number of carbonyl (C=O) groups excluding carboxylic acids is 1. The zero-order valence-electron chi connectivity index (χ0n) is 8.27. The van der Waals surface area contributed by atoms with E-state index in [2.05, 4.69) is 5.32 Å². The quantitative estimate of drug-likeness (QED) is 0.608. The standard InChI is InChI=1S/C10H9FN2O3/c11-8-2-1-6(3-9(8)13(15)16)7-4-10(14)12-5-7/h1-3,7H,4-5H2,(H,12,14). The van der Waals surface area contributed by atoms with Crippen molar-refractivity contribution in [3.05, 3.63) is 39.7 Å². The molecule has 0 aliphatic carbocycles. The van der Waals surface area contributed by atoms with Crippen LogP contribution in [-0.2, 0) is 4.79 Å². The predicted octanol–water partition coefficient (Wildman–Crippen LogP) is 1.34. The summed E-state index contributed by atoms with van der Waals surface area (Å²) in [5.74, 6) is -1.05. The van der Waals surface area contributed by atoms with Gasteiger partial charge in [-0.2, -0.15) is 4.39 Å². The Morgan fingerprint density at radius 3 is 2.81 bits per heavy atom. The zero-order valence-corrected chi connectivity index (χ0v) is 8.27. The van der Waals surface area contributed by atoms with Gasteiger partial charge < -0.3 is 5.32 Å². The van der Waals surface area contributed by atoms with Crippen LogP contribution in [0.4, 0.5) is 10.1 Å². The van der Waals surface area contributed by atoms with Crippen LogP contribution in [0.15, 0.2) is 18.2 Å². The third-order valence-electron chi connectivity index (χ3n) is 2.62. The van der Waals surface area contributed by atoms with Gasteiger partial charge in [0.2, 0.25) is 11.7 Å². The van der Waals surface area contributed by atoms with Gasteiger partial charge in [0.25, 0.3) is 0 Å². The molecule has 84 valence electrons. The fraction of sp³-hybridized carbons (Fsp3) is 0.300. The summed E-state index contributed by atoms with van der Waals surface area (Å²) in [4.78, 5) is 20.8. The molecule has 0 saturated carbocycles. The Balaban J connectivity index is 2.32. The smallest absolute Gasteiger partial charge is 0.305 e. The molecule has 1 aromatic rings. The topological polar surface area (TPSA) is 72.2 Å². The minimum absolute atomic E-state index is 0.0861. The van der Waals surface area contributed by atoms with Crippen LogP contribution in [0.25, 0.3) is 0 Å². The molecule has 0 aromatic heterocycles. The van der Waals surface area contributed by atoms with E-state index in [1.807, 2.05) is 0 Å². The van der Waals surface area contributed by atoms with Gasteiger partial charge in [0.1, 0.15) is 0 Å². The molecule has 16 heavy (non-hydrogen) atoms. The molecule has 0 radical (unpaired) electrons. The van der Waals surface area contributed by atoms with Crippen LogP contribution in [0.3, 0.4) is 0 Å². The zero-order chi connectivity index (χ0) is 11.7. The van der Waals surface area contributed by atoms with Gasteiger partial charge in [-0.25, -0.2) is 0 Å². The van der Waals surface area contributed by atoms with Crippen LogP contribution in [-0.4, -0.2) is 17.4 Å². The molecule has 2 rings (SSSR count). The summed E-state index contributed by atoms with van der Waals surface area (Å²) in [7, 11) is 0. The summed E-state index contributed by atoms with van der Waals surface area (Å²) in [5.41, 5.74) is 0.0725. The largest absolute Gasteiger partial charge is 0.355 e. The van der Waals surface area contributed by atoms with E-state index < -0.39 is 16.4 Å². The number of nitrogens with zero attached hydrogens (tertiary/aromatic N) is 1. The third-order valence-corrected chi connectivity index (χ3v) is 2.62. The van der Waals surface area contributed by atoms with Crippen LogP contribution in [0.5, 0.6) is 0 Å². The van der Waals surface area contributed by atoms with Crippen molar-refractivity contribution in [2.75, 3.05) is 6.54 Å². The first kappa shape index (κ1) is 10.5. The average Bonchev–Trinajstić information content (AvgIpc) is 2.65. The highest BCUT2D eigenvalue weighted by Crippen LogP contribution is 2.27. The van der Waals surface area contributed by atoms with E-state index in [4.69, 9.17) is 0 Å². The number of carbonyl (C=O) groups is 1. The number of halogens is 1. The maximum atomic E-state index is 13.1. The number of rotatable bonds is 2. The van der Waals surface area contributed by atoms with E-state index in [9.17, 15) is 19.3 Å². The molecule has 1 unspecified atom stereocenters. The van der Waals surface area contributed by atoms with Crippen molar-refractivity contribution in [3.63, 3.8) is 0 Å². The van der Waals surface area contributed by atoms with Gasteiger partial charge in [0.05, 0.1) is 4.92 Å². The molecular weight excluding hydrogens is 215 g/mol. The summed E-state index contributed by atoms with van der Waals surface area (Å²) >= 11 is 0. The Hall–Kier alpha value is -1.98. The van der Waals surface area contributed by atoms with Crippen LogP contribution in [0, 0.1) is 15.9 Å². The Morgan fingerprint density at radius 2 is 2.25 bits per heavy atom. The number of hydrogen-bond acceptors (Lipinski definition) is 3. The summed E-state index contributed by atoms with van der Waals surface area (Å²) < 4.78 is 13.1. The summed E-state index contributed by atoms with van der Waals surface area (Å²) in [6, 6.07) is 3.74. The molecule has 1 aliphatic rings. The highest BCUT2D eigenvalue weighted by atomic mass is 19.1. The lowest BCUT2D eigenvalue weighted by Gasteiger charge is -2.07. The first-order chi connectivity index (χ1) is 7.58. The molecule has 1 aliphatic heterocycles. The van der Waals surface area contributed by atoms with E-state index in [1.165, 1.54) is 12.1 Å². The van der Waals surface area contributed by atoms with Crippen molar-refractivity contribution in [1.29, 1.82) is 0 Å². The Kier molecular flexibility index (Phi) is 2.55. The van der Waals surface area contributed by atoms with Gasteiger partial charge in [-0.3, -0.25) is 14.9 Å². The lowest BCUT2D eigenvalue weighted by atomic mass is 9.98. The fourth-order valence-electron chi connectivity index (χ4n) is 1.76. The second kappa shape index (κ2) is 3.88. The van der Waals surface area contributed by atoms with Crippen LogP contribution in [0.2, 0.25) is 0 Å². The van der Waals surface area contributed by atoms with Gasteiger partial charge in [-0.05, 0) is 11.6 Å². The lowest BCUT2D eigenvalue weighted by molar-refractivity contribution is -0.387. The number of nitro groups is 1. The van der Waals surface area contributed by atoms with Crippen LogP contribution >= 0.6 is 0 Å². The van der Waals surface area contributed by atoms with Gasteiger partial charge in [-0.1, -0.05) is 6.07 Å². The molecular formula is C10H9FN2O3. The molecule has 6 heteroatoms. The molecule has 1 aromatic carbocycles. The second-order valence-electron chi connectivity index (χ2n) is 3.67. The van der Waals surface area contributed by atoms with Crippen molar-refractivity contribution in [2.45, 2.75) is 12.3 Å². The molecule has 5 nitrogen and oxygen atoms in total. The molecule has 0 bridgehead atoms. The predicted molar refractivity (Wildman–Crippen MR) is 53.4 cm³/mol. The fourth-order valence-corrected chi connectivity index (χ4v) is 1.76. The van der Waals surface area contributed by atoms with Gasteiger partial charge in [0.15, 0.2) is 0 Å². The number of nitro benzene ring substituents is 1. The SMILES string of the molecule is O=C1CC(c2ccc(F)c([N+](=O)[O-])c2)CN1. The van der Waals surface area contributed by atoms with Crippen molar-refractivity contribution < 1.29 is 14.1 Å².